The van der Waals surface area contributed by atoms with Gasteiger partial charge in [0, 0.05) is 19.8 Å². The SMILES string of the molecule is Cn1ncc2c(NCC3CCSC3)c(C(=O)O)cnc21. The van der Waals surface area contributed by atoms with Gasteiger partial charge in [-0.05, 0) is 23.8 Å². The van der Waals surface area contributed by atoms with E-state index in [-0.39, 0.29) is 5.56 Å². The molecule has 7 heteroatoms. The van der Waals surface area contributed by atoms with Gasteiger partial charge in [0.05, 0.1) is 17.3 Å². The Kier molecular flexibility index (Phi) is 3.52. The molecule has 2 aromatic rings. The van der Waals surface area contributed by atoms with Gasteiger partial charge in [0.2, 0.25) is 0 Å². The highest BCUT2D eigenvalue weighted by Crippen LogP contribution is 2.28. The summed E-state index contributed by atoms with van der Waals surface area (Å²) in [6.07, 6.45) is 4.25. The lowest BCUT2D eigenvalue weighted by molar-refractivity contribution is 0.0697. The summed E-state index contributed by atoms with van der Waals surface area (Å²) in [5.41, 5.74) is 1.53. The number of pyridine rings is 1. The van der Waals surface area contributed by atoms with Gasteiger partial charge in [0.1, 0.15) is 5.56 Å². The molecule has 0 bridgehead atoms. The molecular formula is C13H16N4O2S. The van der Waals surface area contributed by atoms with Crippen molar-refractivity contribution in [3.63, 3.8) is 0 Å². The first kappa shape index (κ1) is 13.2. The highest BCUT2D eigenvalue weighted by Gasteiger charge is 2.20. The fourth-order valence-electron chi connectivity index (χ4n) is 2.44. The molecule has 1 unspecified atom stereocenters. The Hall–Kier alpha value is -1.76. The van der Waals surface area contributed by atoms with Crippen LogP contribution in [0.1, 0.15) is 16.8 Å². The van der Waals surface area contributed by atoms with Crippen LogP contribution in [0.2, 0.25) is 0 Å². The van der Waals surface area contributed by atoms with Gasteiger partial charge in [-0.15, -0.1) is 0 Å². The molecule has 0 aromatic carbocycles. The zero-order valence-electron chi connectivity index (χ0n) is 11.2. The number of hydrogen-bond donors (Lipinski definition) is 2. The first-order valence-electron chi connectivity index (χ1n) is 6.52. The first-order valence-corrected chi connectivity index (χ1v) is 7.68. The van der Waals surface area contributed by atoms with E-state index in [1.807, 2.05) is 11.8 Å². The number of hydrogen-bond acceptors (Lipinski definition) is 5. The molecule has 1 saturated heterocycles. The van der Waals surface area contributed by atoms with Gasteiger partial charge in [0.15, 0.2) is 5.65 Å². The van der Waals surface area contributed by atoms with Crippen molar-refractivity contribution >= 4 is 34.5 Å². The number of carboxylic acids is 1. The topological polar surface area (TPSA) is 80.0 Å². The predicted molar refractivity (Wildman–Crippen MR) is 79.4 cm³/mol. The highest BCUT2D eigenvalue weighted by atomic mass is 32.2. The molecule has 1 atom stereocenters. The second-order valence-electron chi connectivity index (χ2n) is 4.97. The third-order valence-electron chi connectivity index (χ3n) is 3.58. The number of nitrogens with one attached hydrogen (secondary N) is 1. The van der Waals surface area contributed by atoms with E-state index in [1.54, 1.807) is 17.9 Å². The van der Waals surface area contributed by atoms with Crippen molar-refractivity contribution in [3.05, 3.63) is 18.0 Å². The van der Waals surface area contributed by atoms with E-state index >= 15 is 0 Å². The molecule has 20 heavy (non-hydrogen) atoms. The zero-order chi connectivity index (χ0) is 14.1. The van der Waals surface area contributed by atoms with Crippen molar-refractivity contribution in [2.75, 3.05) is 23.4 Å². The number of anilines is 1. The van der Waals surface area contributed by atoms with Gasteiger partial charge in [-0.3, -0.25) is 4.68 Å². The molecule has 1 fully saturated rings. The number of rotatable bonds is 4. The van der Waals surface area contributed by atoms with Crippen LogP contribution in [0.5, 0.6) is 0 Å². The average molecular weight is 292 g/mol. The third kappa shape index (κ3) is 2.33. The number of thioether (sulfide) groups is 1. The monoisotopic (exact) mass is 292 g/mol. The van der Waals surface area contributed by atoms with Crippen molar-refractivity contribution in [1.29, 1.82) is 0 Å². The highest BCUT2D eigenvalue weighted by molar-refractivity contribution is 7.99. The van der Waals surface area contributed by atoms with E-state index in [9.17, 15) is 9.90 Å². The van der Waals surface area contributed by atoms with Gasteiger partial charge in [-0.1, -0.05) is 0 Å². The summed E-state index contributed by atoms with van der Waals surface area (Å²) in [7, 11) is 1.80. The summed E-state index contributed by atoms with van der Waals surface area (Å²) in [6.45, 7) is 0.793. The molecule has 2 aromatic heterocycles. The molecule has 2 N–H and O–H groups in total. The second-order valence-corrected chi connectivity index (χ2v) is 6.12. The fourth-order valence-corrected chi connectivity index (χ4v) is 3.72. The van der Waals surface area contributed by atoms with Crippen molar-refractivity contribution in [3.8, 4) is 0 Å². The maximum Gasteiger partial charge on any atom is 0.339 e. The van der Waals surface area contributed by atoms with Crippen LogP contribution in [-0.2, 0) is 7.05 Å². The smallest absolute Gasteiger partial charge is 0.339 e. The van der Waals surface area contributed by atoms with Crippen LogP contribution in [0.25, 0.3) is 11.0 Å². The Morgan fingerprint density at radius 3 is 3.15 bits per heavy atom. The lowest BCUT2D eigenvalue weighted by Gasteiger charge is -2.14. The van der Waals surface area contributed by atoms with Gasteiger partial charge in [0.25, 0.3) is 0 Å². The molecule has 1 aliphatic rings. The Balaban J connectivity index is 1.96. The summed E-state index contributed by atoms with van der Waals surface area (Å²) < 4.78 is 1.65. The summed E-state index contributed by atoms with van der Waals surface area (Å²) in [5.74, 6) is 1.96. The number of nitrogens with zero attached hydrogens (tertiary/aromatic N) is 3. The lowest BCUT2D eigenvalue weighted by atomic mass is 10.1. The van der Waals surface area contributed by atoms with Crippen LogP contribution < -0.4 is 5.32 Å². The predicted octanol–water partition coefficient (Wildman–Crippen LogP) is 1.83. The average Bonchev–Trinajstić information content (AvgIpc) is 3.06. The van der Waals surface area contributed by atoms with E-state index < -0.39 is 5.97 Å². The molecule has 6 nitrogen and oxygen atoms in total. The first-order chi connectivity index (χ1) is 9.66. The van der Waals surface area contributed by atoms with E-state index in [4.69, 9.17) is 0 Å². The summed E-state index contributed by atoms with van der Waals surface area (Å²) in [6, 6.07) is 0. The number of carbonyl (C=O) groups is 1. The Morgan fingerprint density at radius 2 is 2.45 bits per heavy atom. The van der Waals surface area contributed by atoms with Gasteiger partial charge < -0.3 is 10.4 Å². The summed E-state index contributed by atoms with van der Waals surface area (Å²) in [4.78, 5) is 15.5. The molecule has 0 saturated carbocycles. The molecule has 1 aliphatic heterocycles. The Morgan fingerprint density at radius 1 is 1.60 bits per heavy atom. The molecule has 106 valence electrons. The quantitative estimate of drug-likeness (QED) is 0.895. The largest absolute Gasteiger partial charge is 0.478 e. The van der Waals surface area contributed by atoms with Crippen LogP contribution in [0, 0.1) is 5.92 Å². The summed E-state index contributed by atoms with van der Waals surface area (Å²) in [5, 5.41) is 17.5. The van der Waals surface area contributed by atoms with E-state index in [2.05, 4.69) is 15.4 Å². The molecule has 0 amide bonds. The van der Waals surface area contributed by atoms with Crippen LogP contribution in [0.4, 0.5) is 5.69 Å². The minimum absolute atomic E-state index is 0.205. The third-order valence-corrected chi connectivity index (χ3v) is 4.82. The van der Waals surface area contributed by atoms with Crippen molar-refractivity contribution < 1.29 is 9.90 Å². The van der Waals surface area contributed by atoms with E-state index in [1.165, 1.54) is 18.4 Å². The minimum atomic E-state index is -0.966. The van der Waals surface area contributed by atoms with Crippen LogP contribution >= 0.6 is 11.8 Å². The van der Waals surface area contributed by atoms with Crippen molar-refractivity contribution in [2.45, 2.75) is 6.42 Å². The fraction of sp³-hybridized carbons (Fsp3) is 0.462. The van der Waals surface area contributed by atoms with Crippen LogP contribution in [-0.4, -0.2) is 43.9 Å². The Labute approximate surface area is 120 Å². The number of aromatic carboxylic acids is 1. The standard InChI is InChI=1S/C13H16N4O2S/c1-17-12-9(6-16-17)11(10(5-15-12)13(18)19)14-4-8-2-3-20-7-8/h5-6,8H,2-4,7H2,1H3,(H,14,15)(H,18,19). The van der Waals surface area contributed by atoms with E-state index in [0.29, 0.717) is 17.3 Å². The number of fused-ring (bicyclic) bond motifs is 1. The molecule has 0 radical (unpaired) electrons. The van der Waals surface area contributed by atoms with Crippen molar-refractivity contribution in [2.24, 2.45) is 13.0 Å². The zero-order valence-corrected chi connectivity index (χ0v) is 12.0. The second kappa shape index (κ2) is 5.32. The molecular weight excluding hydrogens is 276 g/mol. The lowest BCUT2D eigenvalue weighted by Crippen LogP contribution is -2.16. The molecule has 3 heterocycles. The number of aryl methyl sites for hydroxylation is 1. The molecule has 0 aliphatic carbocycles. The Bertz CT molecular complexity index is 649. The van der Waals surface area contributed by atoms with Gasteiger partial charge in [-0.2, -0.15) is 16.9 Å². The maximum atomic E-state index is 11.4. The maximum absolute atomic E-state index is 11.4. The molecule has 0 spiro atoms. The molecule has 3 rings (SSSR count). The number of carboxylic acid groups (broad SMARTS) is 1. The van der Waals surface area contributed by atoms with Gasteiger partial charge in [-0.25, -0.2) is 9.78 Å². The van der Waals surface area contributed by atoms with E-state index in [0.717, 1.165) is 17.7 Å². The van der Waals surface area contributed by atoms with Crippen LogP contribution in [0.15, 0.2) is 12.4 Å². The minimum Gasteiger partial charge on any atom is -0.478 e. The van der Waals surface area contributed by atoms with Crippen LogP contribution in [0.3, 0.4) is 0 Å². The van der Waals surface area contributed by atoms with Gasteiger partial charge >= 0.3 is 5.97 Å². The summed E-state index contributed by atoms with van der Waals surface area (Å²) >= 11 is 1.95. The van der Waals surface area contributed by atoms with Crippen molar-refractivity contribution in [1.82, 2.24) is 14.8 Å². The number of aromatic nitrogens is 3. The normalized spacial score (nSPS) is 18.6.